The van der Waals surface area contributed by atoms with Gasteiger partial charge in [0.05, 0.1) is 6.54 Å². The van der Waals surface area contributed by atoms with Gasteiger partial charge in [-0.05, 0) is 36.8 Å². The minimum Gasteiger partial charge on any atom is -0.458 e. The van der Waals surface area contributed by atoms with Gasteiger partial charge in [-0.15, -0.1) is 11.3 Å². The van der Waals surface area contributed by atoms with Crippen LogP contribution in [0.15, 0.2) is 11.4 Å². The number of thiophene rings is 1. The van der Waals surface area contributed by atoms with Crippen LogP contribution in [-0.4, -0.2) is 61.5 Å². The molecule has 0 N–H and O–H groups in total. The molecular weight excluding hydrogens is 288 g/mol. The lowest BCUT2D eigenvalue weighted by Crippen LogP contribution is -2.43. The molecule has 2 heterocycles. The predicted molar refractivity (Wildman–Crippen MR) is 82.6 cm³/mol. The monoisotopic (exact) mass is 310 g/mol. The van der Waals surface area contributed by atoms with Crippen LogP contribution >= 0.6 is 11.3 Å². The van der Waals surface area contributed by atoms with E-state index >= 15 is 0 Å². The molecule has 0 radical (unpaired) electrons. The van der Waals surface area contributed by atoms with Crippen LogP contribution in [0.3, 0.4) is 0 Å². The van der Waals surface area contributed by atoms with Gasteiger partial charge in [0.2, 0.25) is 5.91 Å². The molecule has 6 heteroatoms. The van der Waals surface area contributed by atoms with Crippen molar-refractivity contribution < 1.29 is 14.3 Å². The van der Waals surface area contributed by atoms with Crippen molar-refractivity contribution in [3.8, 4) is 0 Å². The highest BCUT2D eigenvalue weighted by Gasteiger charge is 2.25. The van der Waals surface area contributed by atoms with E-state index in [0.29, 0.717) is 11.4 Å². The standard InChI is InChI=1S/C15H22N2O3S/c1-11-6-9-21-14(11)15(19)20-12-4-7-17(8-5-12)10-13(18)16(2)3/h6,9,12H,4-5,7-8,10H2,1-3H3. The van der Waals surface area contributed by atoms with Gasteiger partial charge in [0.1, 0.15) is 11.0 Å². The lowest BCUT2D eigenvalue weighted by atomic mass is 10.1. The van der Waals surface area contributed by atoms with E-state index in [1.807, 2.05) is 18.4 Å². The molecule has 1 aliphatic heterocycles. The summed E-state index contributed by atoms with van der Waals surface area (Å²) in [5.74, 6) is -0.107. The number of carbonyl (C=O) groups is 2. The summed E-state index contributed by atoms with van der Waals surface area (Å²) < 4.78 is 5.57. The van der Waals surface area contributed by atoms with Gasteiger partial charge in [-0.25, -0.2) is 4.79 Å². The maximum absolute atomic E-state index is 12.1. The zero-order valence-electron chi connectivity index (χ0n) is 12.8. The number of aryl methyl sites for hydroxylation is 1. The third-order valence-corrected chi connectivity index (χ3v) is 4.71. The number of ether oxygens (including phenoxy) is 1. The second-order valence-electron chi connectivity index (χ2n) is 5.60. The third kappa shape index (κ3) is 4.28. The molecule has 0 unspecified atom stereocenters. The Labute approximate surface area is 129 Å². The van der Waals surface area contributed by atoms with Crippen molar-refractivity contribution in [2.75, 3.05) is 33.7 Å². The van der Waals surface area contributed by atoms with Crippen molar-refractivity contribution in [2.24, 2.45) is 0 Å². The van der Waals surface area contributed by atoms with E-state index in [4.69, 9.17) is 4.74 Å². The summed E-state index contributed by atoms with van der Waals surface area (Å²) in [4.78, 5) is 28.1. The van der Waals surface area contributed by atoms with Gasteiger partial charge < -0.3 is 9.64 Å². The number of likely N-dealkylation sites (tertiary alicyclic amines) is 1. The van der Waals surface area contributed by atoms with Gasteiger partial charge in [0, 0.05) is 27.2 Å². The van der Waals surface area contributed by atoms with Crippen LogP contribution in [0.1, 0.15) is 28.1 Å². The van der Waals surface area contributed by atoms with Crippen molar-refractivity contribution in [1.82, 2.24) is 9.80 Å². The molecule has 1 aliphatic rings. The maximum Gasteiger partial charge on any atom is 0.348 e. The zero-order chi connectivity index (χ0) is 15.4. The Bertz CT molecular complexity index is 505. The number of amides is 1. The van der Waals surface area contributed by atoms with Crippen LogP contribution in [0, 0.1) is 6.92 Å². The van der Waals surface area contributed by atoms with Crippen molar-refractivity contribution >= 4 is 23.2 Å². The predicted octanol–water partition coefficient (Wildman–Crippen LogP) is 1.77. The number of nitrogens with zero attached hydrogens (tertiary/aromatic N) is 2. The minimum absolute atomic E-state index is 0.0373. The Balaban J connectivity index is 1.78. The molecule has 1 amide bonds. The highest BCUT2D eigenvalue weighted by molar-refractivity contribution is 7.12. The number of carbonyl (C=O) groups excluding carboxylic acids is 2. The summed E-state index contributed by atoms with van der Waals surface area (Å²) in [5.41, 5.74) is 0.971. The molecule has 1 aromatic heterocycles. The second-order valence-corrected chi connectivity index (χ2v) is 6.52. The minimum atomic E-state index is -0.217. The maximum atomic E-state index is 12.1. The van der Waals surface area contributed by atoms with Gasteiger partial charge in [0.15, 0.2) is 0 Å². The summed E-state index contributed by atoms with van der Waals surface area (Å²) in [6, 6.07) is 1.93. The summed E-state index contributed by atoms with van der Waals surface area (Å²) in [6.45, 7) is 3.95. The van der Waals surface area contributed by atoms with E-state index in [9.17, 15) is 9.59 Å². The Morgan fingerprint density at radius 3 is 2.57 bits per heavy atom. The quantitative estimate of drug-likeness (QED) is 0.795. The van der Waals surface area contributed by atoms with Gasteiger partial charge in [-0.3, -0.25) is 9.69 Å². The molecule has 1 fully saturated rings. The molecule has 1 saturated heterocycles. The van der Waals surface area contributed by atoms with Gasteiger partial charge >= 0.3 is 5.97 Å². The molecule has 21 heavy (non-hydrogen) atoms. The first kappa shape index (κ1) is 16.0. The van der Waals surface area contributed by atoms with Crippen LogP contribution < -0.4 is 0 Å². The Kier molecular flexibility index (Phi) is 5.36. The van der Waals surface area contributed by atoms with E-state index < -0.39 is 0 Å². The normalized spacial score (nSPS) is 16.7. The van der Waals surface area contributed by atoms with Crippen LogP contribution in [0.4, 0.5) is 0 Å². The Hall–Kier alpha value is -1.40. The molecule has 0 atom stereocenters. The summed E-state index contributed by atoms with van der Waals surface area (Å²) in [5, 5.41) is 1.90. The molecule has 0 aliphatic carbocycles. The van der Waals surface area contributed by atoms with E-state index in [0.717, 1.165) is 31.5 Å². The average Bonchev–Trinajstić information content (AvgIpc) is 2.87. The molecule has 5 nitrogen and oxygen atoms in total. The second kappa shape index (κ2) is 7.04. The molecule has 0 spiro atoms. The van der Waals surface area contributed by atoms with Crippen LogP contribution in [-0.2, 0) is 9.53 Å². The molecule has 0 bridgehead atoms. The summed E-state index contributed by atoms with van der Waals surface area (Å²) in [6.07, 6.45) is 1.54. The Morgan fingerprint density at radius 2 is 2.05 bits per heavy atom. The topological polar surface area (TPSA) is 49.9 Å². The summed E-state index contributed by atoms with van der Waals surface area (Å²) in [7, 11) is 3.53. The van der Waals surface area contributed by atoms with Crippen LogP contribution in [0.2, 0.25) is 0 Å². The number of rotatable bonds is 4. The van der Waals surface area contributed by atoms with Crippen molar-refractivity contribution in [3.63, 3.8) is 0 Å². The van der Waals surface area contributed by atoms with Crippen LogP contribution in [0.5, 0.6) is 0 Å². The van der Waals surface area contributed by atoms with Crippen molar-refractivity contribution in [1.29, 1.82) is 0 Å². The molecule has 0 saturated carbocycles. The first-order chi connectivity index (χ1) is 9.97. The van der Waals surface area contributed by atoms with Gasteiger partial charge in [0.25, 0.3) is 0 Å². The first-order valence-corrected chi connectivity index (χ1v) is 8.03. The molecule has 0 aromatic carbocycles. The highest BCUT2D eigenvalue weighted by Crippen LogP contribution is 2.20. The SMILES string of the molecule is Cc1ccsc1C(=O)OC1CCN(CC(=O)N(C)C)CC1. The first-order valence-electron chi connectivity index (χ1n) is 7.15. The van der Waals surface area contributed by atoms with Crippen molar-refractivity contribution in [2.45, 2.75) is 25.9 Å². The molecule has 2 rings (SSSR count). The third-order valence-electron chi connectivity index (χ3n) is 3.71. The van der Waals surface area contributed by atoms with E-state index in [-0.39, 0.29) is 18.0 Å². The molecular formula is C15H22N2O3S. The smallest absolute Gasteiger partial charge is 0.348 e. The summed E-state index contributed by atoms with van der Waals surface area (Å²) >= 11 is 1.42. The van der Waals surface area contributed by atoms with E-state index in [1.165, 1.54) is 11.3 Å². The van der Waals surface area contributed by atoms with Gasteiger partial charge in [-0.2, -0.15) is 0 Å². The zero-order valence-corrected chi connectivity index (χ0v) is 13.6. The Morgan fingerprint density at radius 1 is 1.38 bits per heavy atom. The highest BCUT2D eigenvalue weighted by atomic mass is 32.1. The van der Waals surface area contributed by atoms with E-state index in [1.54, 1.807) is 19.0 Å². The van der Waals surface area contributed by atoms with E-state index in [2.05, 4.69) is 4.90 Å². The lowest BCUT2D eigenvalue weighted by Gasteiger charge is -2.31. The van der Waals surface area contributed by atoms with Gasteiger partial charge in [-0.1, -0.05) is 0 Å². The fourth-order valence-corrected chi connectivity index (χ4v) is 3.11. The van der Waals surface area contributed by atoms with Crippen molar-refractivity contribution in [3.05, 3.63) is 21.9 Å². The number of hydrogen-bond acceptors (Lipinski definition) is 5. The largest absolute Gasteiger partial charge is 0.458 e. The average molecular weight is 310 g/mol. The lowest BCUT2D eigenvalue weighted by molar-refractivity contribution is -0.130. The van der Waals surface area contributed by atoms with Crippen LogP contribution in [0.25, 0.3) is 0 Å². The fraction of sp³-hybridized carbons (Fsp3) is 0.600. The molecule has 116 valence electrons. The number of likely N-dealkylation sites (N-methyl/N-ethyl adjacent to an activating group) is 1. The number of esters is 1. The number of hydrogen-bond donors (Lipinski definition) is 0. The fourth-order valence-electron chi connectivity index (χ4n) is 2.30. The molecule has 1 aromatic rings. The number of piperidine rings is 1.